The van der Waals surface area contributed by atoms with Crippen molar-refractivity contribution in [2.45, 2.75) is 25.3 Å². The van der Waals surface area contributed by atoms with Gasteiger partial charge in [0.15, 0.2) is 0 Å². The van der Waals surface area contributed by atoms with Gasteiger partial charge in [-0.3, -0.25) is 9.69 Å². The lowest BCUT2D eigenvalue weighted by atomic mass is 10.2. The molecule has 0 aliphatic carbocycles. The second-order valence-electron chi connectivity index (χ2n) is 5.45. The van der Waals surface area contributed by atoms with Crippen LogP contribution in [0, 0.1) is 0 Å². The Morgan fingerprint density at radius 2 is 2.00 bits per heavy atom. The molecule has 0 aromatic rings. The molecule has 0 aromatic heterocycles. The molecule has 0 bridgehead atoms. The first-order valence-electron chi connectivity index (χ1n) is 7.39. The second kappa shape index (κ2) is 7.80. The molecule has 21 heavy (non-hydrogen) atoms. The highest BCUT2D eigenvalue weighted by atomic mass is 32.2. The van der Waals surface area contributed by atoms with Crippen LogP contribution in [0.1, 0.15) is 19.3 Å². The lowest BCUT2D eigenvalue weighted by molar-refractivity contribution is -0.140. The summed E-state index contributed by atoms with van der Waals surface area (Å²) in [4.78, 5) is 13.4. The number of ether oxygens (including phenoxy) is 1. The van der Waals surface area contributed by atoms with Gasteiger partial charge in [-0.2, -0.15) is 16.1 Å². The highest BCUT2D eigenvalue weighted by Gasteiger charge is 2.30. The summed E-state index contributed by atoms with van der Waals surface area (Å²) in [5.74, 6) is 2.07. The molecule has 6 nitrogen and oxygen atoms in total. The Kier molecular flexibility index (Phi) is 6.34. The van der Waals surface area contributed by atoms with E-state index in [4.69, 9.17) is 0 Å². The molecule has 0 saturated carbocycles. The number of sulfonamides is 1. The van der Waals surface area contributed by atoms with E-state index in [0.29, 0.717) is 25.6 Å². The maximum Gasteiger partial charge on any atom is 0.305 e. The number of nitrogens with zero attached hydrogens (tertiary/aromatic N) is 2. The van der Waals surface area contributed by atoms with E-state index in [-0.39, 0.29) is 18.1 Å². The van der Waals surface area contributed by atoms with Crippen molar-refractivity contribution in [1.29, 1.82) is 0 Å². The lowest BCUT2D eigenvalue weighted by Gasteiger charge is -2.37. The molecule has 122 valence electrons. The third-order valence-electron chi connectivity index (χ3n) is 4.10. The van der Waals surface area contributed by atoms with E-state index in [1.54, 1.807) is 4.31 Å². The fourth-order valence-electron chi connectivity index (χ4n) is 2.79. The minimum Gasteiger partial charge on any atom is -0.469 e. The summed E-state index contributed by atoms with van der Waals surface area (Å²) in [5, 5.41) is 0. The van der Waals surface area contributed by atoms with Gasteiger partial charge in [-0.25, -0.2) is 8.42 Å². The Labute approximate surface area is 131 Å². The Hall–Kier alpha value is -0.310. The number of methoxy groups -OCH3 is 1. The first-order chi connectivity index (χ1) is 10.0. The normalized spacial score (nSPS) is 25.1. The highest BCUT2D eigenvalue weighted by molar-refractivity contribution is 7.99. The minimum atomic E-state index is -3.24. The van der Waals surface area contributed by atoms with Gasteiger partial charge in [0.25, 0.3) is 0 Å². The van der Waals surface area contributed by atoms with Gasteiger partial charge >= 0.3 is 5.97 Å². The zero-order valence-electron chi connectivity index (χ0n) is 12.5. The monoisotopic (exact) mass is 336 g/mol. The number of thioether (sulfide) groups is 1. The summed E-state index contributed by atoms with van der Waals surface area (Å²) < 4.78 is 30.6. The average Bonchev–Trinajstić information content (AvgIpc) is 3.01. The van der Waals surface area contributed by atoms with Crippen LogP contribution in [0.4, 0.5) is 0 Å². The Morgan fingerprint density at radius 1 is 1.29 bits per heavy atom. The summed E-state index contributed by atoms with van der Waals surface area (Å²) >= 11 is 1.98. The number of rotatable bonds is 6. The number of carbonyl (C=O) groups is 1. The van der Waals surface area contributed by atoms with E-state index in [9.17, 15) is 13.2 Å². The van der Waals surface area contributed by atoms with E-state index < -0.39 is 10.0 Å². The van der Waals surface area contributed by atoms with E-state index in [0.717, 1.165) is 13.1 Å². The summed E-state index contributed by atoms with van der Waals surface area (Å²) in [6, 6.07) is 0.624. The van der Waals surface area contributed by atoms with Gasteiger partial charge in [-0.05, 0) is 18.6 Å². The predicted molar refractivity (Wildman–Crippen MR) is 83.9 cm³/mol. The number of esters is 1. The van der Waals surface area contributed by atoms with Gasteiger partial charge in [-0.15, -0.1) is 0 Å². The molecule has 0 spiro atoms. The zero-order chi connectivity index (χ0) is 15.3. The van der Waals surface area contributed by atoms with Crippen molar-refractivity contribution >= 4 is 27.8 Å². The molecule has 2 heterocycles. The van der Waals surface area contributed by atoms with E-state index in [1.165, 1.54) is 25.0 Å². The van der Waals surface area contributed by atoms with Crippen LogP contribution in [0.25, 0.3) is 0 Å². The summed E-state index contributed by atoms with van der Waals surface area (Å²) in [6.07, 6.45) is 1.71. The molecule has 8 heteroatoms. The number of carbonyl (C=O) groups excluding carboxylic acids is 1. The average molecular weight is 336 g/mol. The fourth-order valence-corrected chi connectivity index (χ4v) is 5.53. The van der Waals surface area contributed by atoms with Crippen molar-refractivity contribution < 1.29 is 17.9 Å². The SMILES string of the molecule is COC(=O)CCCS(=O)(=O)N1CCN([C@H]2CCSC2)CC1. The predicted octanol–water partition coefficient (Wildman–Crippen LogP) is 0.393. The molecular weight excluding hydrogens is 312 g/mol. The quantitative estimate of drug-likeness (QED) is 0.654. The Bertz CT molecular complexity index is 441. The van der Waals surface area contributed by atoms with Crippen LogP contribution in [-0.4, -0.2) is 80.2 Å². The maximum atomic E-state index is 12.2. The van der Waals surface area contributed by atoms with Crippen LogP contribution >= 0.6 is 11.8 Å². The van der Waals surface area contributed by atoms with Crippen molar-refractivity contribution in [3.8, 4) is 0 Å². The topological polar surface area (TPSA) is 66.9 Å². The molecule has 2 fully saturated rings. The number of piperazine rings is 1. The smallest absolute Gasteiger partial charge is 0.305 e. The van der Waals surface area contributed by atoms with Crippen molar-refractivity contribution in [1.82, 2.24) is 9.21 Å². The summed E-state index contributed by atoms with van der Waals surface area (Å²) in [7, 11) is -1.92. The Morgan fingerprint density at radius 3 is 2.57 bits per heavy atom. The molecule has 1 atom stereocenters. The first kappa shape index (κ1) is 17.1. The van der Waals surface area contributed by atoms with Gasteiger partial charge in [0, 0.05) is 44.4 Å². The largest absolute Gasteiger partial charge is 0.469 e. The van der Waals surface area contributed by atoms with Crippen LogP contribution in [0.3, 0.4) is 0 Å². The van der Waals surface area contributed by atoms with Gasteiger partial charge < -0.3 is 4.74 Å². The third kappa shape index (κ3) is 4.84. The van der Waals surface area contributed by atoms with Crippen molar-refractivity contribution in [3.63, 3.8) is 0 Å². The Balaban J connectivity index is 1.76. The van der Waals surface area contributed by atoms with Gasteiger partial charge in [0.05, 0.1) is 12.9 Å². The fraction of sp³-hybridized carbons (Fsp3) is 0.923. The molecule has 2 aliphatic heterocycles. The molecule has 0 N–H and O–H groups in total. The van der Waals surface area contributed by atoms with Crippen LogP contribution in [0.5, 0.6) is 0 Å². The van der Waals surface area contributed by atoms with Crippen molar-refractivity contribution in [3.05, 3.63) is 0 Å². The molecule has 2 aliphatic rings. The minimum absolute atomic E-state index is 0.0291. The van der Waals surface area contributed by atoms with E-state index in [2.05, 4.69) is 9.64 Å². The van der Waals surface area contributed by atoms with E-state index >= 15 is 0 Å². The second-order valence-corrected chi connectivity index (χ2v) is 8.69. The molecule has 2 saturated heterocycles. The molecule has 0 radical (unpaired) electrons. The first-order valence-corrected chi connectivity index (χ1v) is 10.2. The molecule has 0 unspecified atom stereocenters. The molecule has 0 amide bonds. The van der Waals surface area contributed by atoms with Gasteiger partial charge in [0.1, 0.15) is 0 Å². The van der Waals surface area contributed by atoms with Crippen molar-refractivity contribution in [2.24, 2.45) is 0 Å². The van der Waals surface area contributed by atoms with Crippen LogP contribution in [-0.2, 0) is 19.6 Å². The molecular formula is C13H24N2O4S2. The lowest BCUT2D eigenvalue weighted by Crippen LogP contribution is -2.52. The van der Waals surface area contributed by atoms with Gasteiger partial charge in [-0.1, -0.05) is 0 Å². The maximum absolute atomic E-state index is 12.2. The van der Waals surface area contributed by atoms with Crippen LogP contribution < -0.4 is 0 Å². The van der Waals surface area contributed by atoms with Gasteiger partial charge in [0.2, 0.25) is 10.0 Å². The third-order valence-corrected chi connectivity index (χ3v) is 7.20. The molecule has 0 aromatic carbocycles. The zero-order valence-corrected chi connectivity index (χ0v) is 14.1. The summed E-state index contributed by atoms with van der Waals surface area (Å²) in [6.45, 7) is 2.78. The summed E-state index contributed by atoms with van der Waals surface area (Å²) in [5.41, 5.74) is 0. The van der Waals surface area contributed by atoms with Crippen LogP contribution in [0.2, 0.25) is 0 Å². The van der Waals surface area contributed by atoms with E-state index in [1.807, 2.05) is 11.8 Å². The number of hydrogen-bond acceptors (Lipinski definition) is 6. The standard InChI is InChI=1S/C13H24N2O4S2/c1-19-13(16)3-2-10-21(17,18)15-7-5-14(6-8-15)12-4-9-20-11-12/h12H,2-11H2,1H3/t12-/m0/s1. The van der Waals surface area contributed by atoms with Crippen molar-refractivity contribution in [2.75, 3.05) is 50.5 Å². The molecule has 2 rings (SSSR count). The highest BCUT2D eigenvalue weighted by Crippen LogP contribution is 2.23. The van der Waals surface area contributed by atoms with Crippen LogP contribution in [0.15, 0.2) is 0 Å². The number of hydrogen-bond donors (Lipinski definition) is 0.